The molecule has 0 spiro atoms. The van der Waals surface area contributed by atoms with Crippen LogP contribution in [-0.4, -0.2) is 32.6 Å². The molecular formula is C8H16O3. The monoisotopic (exact) mass is 160 g/mol. The van der Waals surface area contributed by atoms with Crippen LogP contribution in [0, 0.1) is 0 Å². The fourth-order valence-electron chi connectivity index (χ4n) is 1.75. The van der Waals surface area contributed by atoms with Gasteiger partial charge in [-0.15, -0.1) is 0 Å². The van der Waals surface area contributed by atoms with Crippen molar-refractivity contribution < 1.29 is 15.3 Å². The van der Waals surface area contributed by atoms with Crippen LogP contribution in [0.2, 0.25) is 0 Å². The lowest BCUT2D eigenvalue weighted by molar-refractivity contribution is -0.184. The first-order valence-corrected chi connectivity index (χ1v) is 3.99. The molecule has 1 saturated carbocycles. The summed E-state index contributed by atoms with van der Waals surface area (Å²) in [5, 5.41) is 28.6. The third-order valence-electron chi connectivity index (χ3n) is 2.54. The molecule has 1 fully saturated rings. The zero-order valence-electron chi connectivity index (χ0n) is 7.04. The molecule has 0 aliphatic heterocycles. The maximum atomic E-state index is 9.57. The van der Waals surface area contributed by atoms with E-state index in [1.807, 2.05) is 0 Å². The maximum absolute atomic E-state index is 9.57. The van der Waals surface area contributed by atoms with Gasteiger partial charge in [0.15, 0.2) is 0 Å². The highest BCUT2D eigenvalue weighted by Crippen LogP contribution is 2.34. The van der Waals surface area contributed by atoms with Crippen molar-refractivity contribution in [2.75, 3.05) is 0 Å². The summed E-state index contributed by atoms with van der Waals surface area (Å²) in [7, 11) is 0. The molecule has 0 amide bonds. The lowest BCUT2D eigenvalue weighted by atomic mass is 9.74. The lowest BCUT2D eigenvalue weighted by Crippen LogP contribution is -2.56. The molecular weight excluding hydrogens is 144 g/mol. The van der Waals surface area contributed by atoms with Gasteiger partial charge >= 0.3 is 0 Å². The van der Waals surface area contributed by atoms with Crippen molar-refractivity contribution in [3.8, 4) is 0 Å². The van der Waals surface area contributed by atoms with Crippen LogP contribution >= 0.6 is 0 Å². The van der Waals surface area contributed by atoms with Crippen LogP contribution in [0.1, 0.15) is 33.1 Å². The van der Waals surface area contributed by atoms with Crippen LogP contribution < -0.4 is 0 Å². The average Bonchev–Trinajstić information content (AvgIpc) is 1.82. The van der Waals surface area contributed by atoms with E-state index in [9.17, 15) is 15.3 Å². The standard InChI is InChI=1S/C8H16O3/c1-7(10)4-3-5-8(2,11)6(7)9/h6,9-11H,3-5H2,1-2H3. The summed E-state index contributed by atoms with van der Waals surface area (Å²) >= 11 is 0. The van der Waals surface area contributed by atoms with E-state index in [-0.39, 0.29) is 0 Å². The molecule has 0 bridgehead atoms. The Hall–Kier alpha value is -0.120. The molecule has 0 aromatic carbocycles. The highest BCUT2D eigenvalue weighted by atomic mass is 16.4. The first-order valence-electron chi connectivity index (χ1n) is 3.99. The van der Waals surface area contributed by atoms with E-state index in [1.165, 1.54) is 0 Å². The molecule has 1 aliphatic rings. The van der Waals surface area contributed by atoms with Crippen molar-refractivity contribution in [1.29, 1.82) is 0 Å². The van der Waals surface area contributed by atoms with E-state index in [2.05, 4.69) is 0 Å². The number of aliphatic hydroxyl groups is 3. The molecule has 3 nitrogen and oxygen atoms in total. The second-order valence-corrected chi connectivity index (χ2v) is 3.97. The molecule has 3 N–H and O–H groups in total. The maximum Gasteiger partial charge on any atom is 0.111 e. The Labute approximate surface area is 66.7 Å². The zero-order chi connectivity index (χ0) is 8.70. The Kier molecular flexibility index (Phi) is 1.99. The van der Waals surface area contributed by atoms with Gasteiger partial charge in [0.2, 0.25) is 0 Å². The van der Waals surface area contributed by atoms with Gasteiger partial charge in [-0.2, -0.15) is 0 Å². The zero-order valence-corrected chi connectivity index (χ0v) is 7.04. The van der Waals surface area contributed by atoms with E-state index in [0.717, 1.165) is 6.42 Å². The smallest absolute Gasteiger partial charge is 0.111 e. The topological polar surface area (TPSA) is 60.7 Å². The quantitative estimate of drug-likeness (QED) is 0.468. The highest BCUT2D eigenvalue weighted by molar-refractivity contribution is 4.98. The second kappa shape index (κ2) is 2.44. The van der Waals surface area contributed by atoms with E-state index < -0.39 is 17.3 Å². The van der Waals surface area contributed by atoms with Crippen LogP contribution in [0.15, 0.2) is 0 Å². The molecule has 1 aliphatic carbocycles. The van der Waals surface area contributed by atoms with Gasteiger partial charge in [-0.1, -0.05) is 0 Å². The number of hydrogen-bond acceptors (Lipinski definition) is 3. The predicted octanol–water partition coefficient (Wildman–Crippen LogP) is 0.0332. The van der Waals surface area contributed by atoms with Gasteiger partial charge < -0.3 is 15.3 Å². The van der Waals surface area contributed by atoms with E-state index in [0.29, 0.717) is 12.8 Å². The average molecular weight is 160 g/mol. The van der Waals surface area contributed by atoms with Crippen LogP contribution in [0.3, 0.4) is 0 Å². The first kappa shape index (κ1) is 8.97. The molecule has 0 aromatic heterocycles. The van der Waals surface area contributed by atoms with Gasteiger partial charge in [-0.05, 0) is 33.1 Å². The highest BCUT2D eigenvalue weighted by Gasteiger charge is 2.46. The van der Waals surface area contributed by atoms with E-state index in [4.69, 9.17) is 0 Å². The molecule has 2 atom stereocenters. The molecule has 0 saturated heterocycles. The predicted molar refractivity (Wildman–Crippen MR) is 41.1 cm³/mol. The van der Waals surface area contributed by atoms with Gasteiger partial charge in [-0.3, -0.25) is 0 Å². The molecule has 0 radical (unpaired) electrons. The SMILES string of the molecule is CC1(O)CCCC(C)(O)C1O. The number of rotatable bonds is 0. The molecule has 3 heteroatoms. The summed E-state index contributed by atoms with van der Waals surface area (Å²) < 4.78 is 0. The molecule has 1 rings (SSSR count). The Morgan fingerprint density at radius 3 is 1.73 bits per heavy atom. The van der Waals surface area contributed by atoms with Crippen molar-refractivity contribution in [1.82, 2.24) is 0 Å². The molecule has 0 heterocycles. The minimum atomic E-state index is -1.12. The van der Waals surface area contributed by atoms with Gasteiger partial charge in [-0.25, -0.2) is 0 Å². The Morgan fingerprint density at radius 1 is 1.09 bits per heavy atom. The number of hydrogen-bond donors (Lipinski definition) is 3. The minimum absolute atomic E-state index is 0.560. The van der Waals surface area contributed by atoms with Crippen molar-refractivity contribution in [3.05, 3.63) is 0 Å². The van der Waals surface area contributed by atoms with Crippen molar-refractivity contribution in [2.24, 2.45) is 0 Å². The first-order chi connectivity index (χ1) is 4.86. The summed E-state index contributed by atoms with van der Waals surface area (Å²) in [6.45, 7) is 3.12. The largest absolute Gasteiger partial charge is 0.387 e. The van der Waals surface area contributed by atoms with Crippen LogP contribution in [0.5, 0.6) is 0 Å². The Balaban J connectivity index is 2.76. The van der Waals surface area contributed by atoms with Crippen molar-refractivity contribution in [2.45, 2.75) is 50.4 Å². The Morgan fingerprint density at radius 2 is 1.45 bits per heavy atom. The molecule has 11 heavy (non-hydrogen) atoms. The van der Waals surface area contributed by atoms with Gasteiger partial charge in [0, 0.05) is 0 Å². The van der Waals surface area contributed by atoms with Crippen LogP contribution in [0.4, 0.5) is 0 Å². The molecule has 66 valence electrons. The number of aliphatic hydroxyl groups excluding tert-OH is 1. The van der Waals surface area contributed by atoms with Crippen molar-refractivity contribution >= 4 is 0 Å². The fraction of sp³-hybridized carbons (Fsp3) is 1.00. The normalized spacial score (nSPS) is 52.6. The Bertz CT molecular complexity index is 135. The summed E-state index contributed by atoms with van der Waals surface area (Å²) in [6.07, 6.45) is 0.856. The van der Waals surface area contributed by atoms with E-state index in [1.54, 1.807) is 13.8 Å². The van der Waals surface area contributed by atoms with Crippen LogP contribution in [-0.2, 0) is 0 Å². The summed E-state index contributed by atoms with van der Waals surface area (Å²) in [4.78, 5) is 0. The minimum Gasteiger partial charge on any atom is -0.387 e. The van der Waals surface area contributed by atoms with Crippen LogP contribution in [0.25, 0.3) is 0 Å². The third-order valence-corrected chi connectivity index (χ3v) is 2.54. The van der Waals surface area contributed by atoms with Gasteiger partial charge in [0.1, 0.15) is 6.10 Å². The van der Waals surface area contributed by atoms with Gasteiger partial charge in [0.25, 0.3) is 0 Å². The lowest BCUT2D eigenvalue weighted by Gasteiger charge is -2.43. The van der Waals surface area contributed by atoms with Crippen molar-refractivity contribution in [3.63, 3.8) is 0 Å². The summed E-state index contributed by atoms with van der Waals surface area (Å²) in [6, 6.07) is 0. The molecule has 2 unspecified atom stereocenters. The van der Waals surface area contributed by atoms with Gasteiger partial charge in [0.05, 0.1) is 11.2 Å². The second-order valence-electron chi connectivity index (χ2n) is 3.97. The molecule has 0 aromatic rings. The fourth-order valence-corrected chi connectivity index (χ4v) is 1.75. The third kappa shape index (κ3) is 1.55. The van der Waals surface area contributed by atoms with E-state index >= 15 is 0 Å². The summed E-state index contributed by atoms with van der Waals surface area (Å²) in [5.41, 5.74) is -2.25. The summed E-state index contributed by atoms with van der Waals surface area (Å²) in [5.74, 6) is 0.